The second-order valence-corrected chi connectivity index (χ2v) is 5.88. The number of amides is 1. The Hall–Kier alpha value is -1.36. The number of carbonyl (C=O) groups is 2. The van der Waals surface area contributed by atoms with Gasteiger partial charge in [-0.3, -0.25) is 9.59 Å². The summed E-state index contributed by atoms with van der Waals surface area (Å²) in [5, 5.41) is 21.3. The number of allylic oxidation sites excluding steroid dienone is 2. The first-order valence-electron chi connectivity index (χ1n) is 6.78. The molecule has 2 rings (SSSR count). The minimum Gasteiger partial charge on any atom is -0.481 e. The summed E-state index contributed by atoms with van der Waals surface area (Å²) in [7, 11) is 0. The summed E-state index contributed by atoms with van der Waals surface area (Å²) < 4.78 is 0. The molecule has 0 radical (unpaired) electrons. The normalized spacial score (nSPS) is 33.7. The number of carboxylic acid groups (broad SMARTS) is 1. The quantitative estimate of drug-likeness (QED) is 0.638. The molecule has 0 aromatic rings. The van der Waals surface area contributed by atoms with E-state index in [9.17, 15) is 19.8 Å². The molecule has 1 saturated carbocycles. The van der Waals surface area contributed by atoms with Crippen molar-refractivity contribution in [3.63, 3.8) is 0 Å². The van der Waals surface area contributed by atoms with Crippen molar-refractivity contribution in [3.05, 3.63) is 12.2 Å². The molecule has 0 spiro atoms. The third-order valence-corrected chi connectivity index (χ3v) is 4.38. The summed E-state index contributed by atoms with van der Waals surface area (Å²) in [6.07, 6.45) is 4.62. The van der Waals surface area contributed by atoms with E-state index in [1.165, 1.54) is 0 Å². The molecule has 106 valence electrons. The molecule has 19 heavy (non-hydrogen) atoms. The first-order valence-corrected chi connectivity index (χ1v) is 6.78. The van der Waals surface area contributed by atoms with Crippen LogP contribution >= 0.6 is 0 Å². The molecule has 0 aromatic heterocycles. The smallest absolute Gasteiger partial charge is 0.307 e. The number of fused-ring (bicyclic) bond motifs is 2. The number of aliphatic carboxylic acids is 1. The van der Waals surface area contributed by atoms with Gasteiger partial charge < -0.3 is 15.5 Å². The number of rotatable bonds is 5. The minimum atomic E-state index is -0.901. The summed E-state index contributed by atoms with van der Waals surface area (Å²) in [5.41, 5.74) is 0. The van der Waals surface area contributed by atoms with Gasteiger partial charge in [-0.2, -0.15) is 0 Å². The molecule has 3 N–H and O–H groups in total. The van der Waals surface area contributed by atoms with Gasteiger partial charge >= 0.3 is 5.97 Å². The topological polar surface area (TPSA) is 86.6 Å². The standard InChI is InChI=1S/C14H21NO4/c1-7(2)10(6-16)15-13(17)11-8-3-4-9(5-8)12(11)14(18)19/h3-4,7-12,16H,5-6H2,1-2H3,(H,15,17)(H,18,19)/t8?,9?,10-,11+,12-/m1/s1. The maximum Gasteiger partial charge on any atom is 0.307 e. The van der Waals surface area contributed by atoms with E-state index in [-0.39, 0.29) is 36.3 Å². The van der Waals surface area contributed by atoms with Crippen LogP contribution in [-0.4, -0.2) is 34.7 Å². The van der Waals surface area contributed by atoms with Gasteiger partial charge in [0, 0.05) is 0 Å². The van der Waals surface area contributed by atoms with Crippen molar-refractivity contribution in [3.8, 4) is 0 Å². The van der Waals surface area contributed by atoms with Crippen molar-refractivity contribution < 1.29 is 19.8 Å². The highest BCUT2D eigenvalue weighted by Crippen LogP contribution is 2.48. The van der Waals surface area contributed by atoms with Crippen LogP contribution in [0.25, 0.3) is 0 Å². The number of hydrogen-bond acceptors (Lipinski definition) is 3. The van der Waals surface area contributed by atoms with E-state index in [0.717, 1.165) is 6.42 Å². The maximum atomic E-state index is 12.3. The van der Waals surface area contributed by atoms with E-state index < -0.39 is 17.8 Å². The molecular weight excluding hydrogens is 246 g/mol. The van der Waals surface area contributed by atoms with Crippen LogP contribution < -0.4 is 5.32 Å². The third kappa shape index (κ3) is 2.52. The largest absolute Gasteiger partial charge is 0.481 e. The van der Waals surface area contributed by atoms with Crippen LogP contribution in [0.2, 0.25) is 0 Å². The lowest BCUT2D eigenvalue weighted by atomic mass is 9.82. The molecule has 5 nitrogen and oxygen atoms in total. The second-order valence-electron chi connectivity index (χ2n) is 5.88. The van der Waals surface area contributed by atoms with Crippen LogP contribution in [0.1, 0.15) is 20.3 Å². The van der Waals surface area contributed by atoms with Gasteiger partial charge in [-0.25, -0.2) is 0 Å². The summed E-state index contributed by atoms with van der Waals surface area (Å²) in [6.45, 7) is 3.70. The Labute approximate surface area is 112 Å². The van der Waals surface area contributed by atoms with E-state index >= 15 is 0 Å². The van der Waals surface area contributed by atoms with E-state index in [2.05, 4.69) is 5.32 Å². The molecule has 2 bridgehead atoms. The van der Waals surface area contributed by atoms with Gasteiger partial charge in [0.2, 0.25) is 5.91 Å². The molecule has 2 aliphatic carbocycles. The van der Waals surface area contributed by atoms with Crippen LogP contribution in [0, 0.1) is 29.6 Å². The van der Waals surface area contributed by atoms with Gasteiger partial charge in [0.05, 0.1) is 24.5 Å². The second kappa shape index (κ2) is 5.33. The molecule has 0 heterocycles. The van der Waals surface area contributed by atoms with E-state index in [0.29, 0.717) is 0 Å². The number of carboxylic acids is 1. The lowest BCUT2D eigenvalue weighted by molar-refractivity contribution is -0.148. The van der Waals surface area contributed by atoms with Gasteiger partial charge in [0.25, 0.3) is 0 Å². The number of hydrogen-bond donors (Lipinski definition) is 3. The van der Waals surface area contributed by atoms with Crippen molar-refractivity contribution >= 4 is 11.9 Å². The molecule has 5 heteroatoms. The molecule has 0 saturated heterocycles. The fourth-order valence-electron chi connectivity index (χ4n) is 3.22. The summed E-state index contributed by atoms with van der Waals surface area (Å²) in [6, 6.07) is -0.315. The highest BCUT2D eigenvalue weighted by molar-refractivity contribution is 5.87. The Bertz CT molecular complexity index is 404. The highest BCUT2D eigenvalue weighted by Gasteiger charge is 2.51. The number of aliphatic hydroxyl groups excluding tert-OH is 1. The van der Waals surface area contributed by atoms with Gasteiger partial charge in [0.15, 0.2) is 0 Å². The third-order valence-electron chi connectivity index (χ3n) is 4.38. The molecule has 2 aliphatic rings. The zero-order chi connectivity index (χ0) is 14.2. The van der Waals surface area contributed by atoms with Crippen LogP contribution in [0.4, 0.5) is 0 Å². The fraction of sp³-hybridized carbons (Fsp3) is 0.714. The number of carbonyl (C=O) groups excluding carboxylic acids is 1. The first-order chi connectivity index (χ1) is 8.95. The maximum absolute atomic E-state index is 12.3. The Morgan fingerprint density at radius 2 is 1.84 bits per heavy atom. The van der Waals surface area contributed by atoms with Crippen molar-refractivity contribution in [2.24, 2.45) is 29.6 Å². The molecule has 0 aromatic carbocycles. The SMILES string of the molecule is CC(C)[C@@H](CO)NC(=O)[C@H]1C2C=CC(C2)[C@H]1C(=O)O. The summed E-state index contributed by atoms with van der Waals surface area (Å²) in [5.74, 6) is -2.14. The van der Waals surface area contributed by atoms with Crippen LogP contribution in [0.15, 0.2) is 12.2 Å². The minimum absolute atomic E-state index is 0.0233. The van der Waals surface area contributed by atoms with E-state index in [1.54, 1.807) is 0 Å². The molecule has 5 atom stereocenters. The van der Waals surface area contributed by atoms with Crippen LogP contribution in [0.3, 0.4) is 0 Å². The Balaban J connectivity index is 2.10. The summed E-state index contributed by atoms with van der Waals surface area (Å²) >= 11 is 0. The lowest BCUT2D eigenvalue weighted by Crippen LogP contribution is -2.47. The van der Waals surface area contributed by atoms with Crippen molar-refractivity contribution in [1.29, 1.82) is 0 Å². The number of aliphatic hydroxyl groups is 1. The lowest BCUT2D eigenvalue weighted by Gasteiger charge is -2.27. The predicted octanol–water partition coefficient (Wildman–Crippen LogP) is 0.642. The van der Waals surface area contributed by atoms with Gasteiger partial charge in [-0.15, -0.1) is 0 Å². The van der Waals surface area contributed by atoms with Gasteiger partial charge in [0.1, 0.15) is 0 Å². The number of nitrogens with one attached hydrogen (secondary N) is 1. The molecule has 0 aliphatic heterocycles. The molecule has 1 fully saturated rings. The van der Waals surface area contributed by atoms with Gasteiger partial charge in [-0.1, -0.05) is 26.0 Å². The van der Waals surface area contributed by atoms with E-state index in [1.807, 2.05) is 26.0 Å². The molecular formula is C14H21NO4. The highest BCUT2D eigenvalue weighted by atomic mass is 16.4. The average Bonchev–Trinajstić information content (AvgIpc) is 2.94. The monoisotopic (exact) mass is 267 g/mol. The predicted molar refractivity (Wildman–Crippen MR) is 69.2 cm³/mol. The molecule has 2 unspecified atom stereocenters. The molecule has 1 amide bonds. The zero-order valence-electron chi connectivity index (χ0n) is 11.2. The van der Waals surface area contributed by atoms with Gasteiger partial charge in [-0.05, 0) is 24.2 Å². The average molecular weight is 267 g/mol. The first kappa shape index (κ1) is 14.1. The Kier molecular flexibility index (Phi) is 3.94. The van der Waals surface area contributed by atoms with Crippen LogP contribution in [0.5, 0.6) is 0 Å². The summed E-state index contributed by atoms with van der Waals surface area (Å²) in [4.78, 5) is 23.6. The zero-order valence-corrected chi connectivity index (χ0v) is 11.2. The van der Waals surface area contributed by atoms with Crippen molar-refractivity contribution in [2.75, 3.05) is 6.61 Å². The Morgan fingerprint density at radius 3 is 2.32 bits per heavy atom. The van der Waals surface area contributed by atoms with E-state index in [4.69, 9.17) is 0 Å². The fourth-order valence-corrected chi connectivity index (χ4v) is 3.22. The van der Waals surface area contributed by atoms with Crippen molar-refractivity contribution in [1.82, 2.24) is 5.32 Å². The Morgan fingerprint density at radius 1 is 1.26 bits per heavy atom. The van der Waals surface area contributed by atoms with Crippen molar-refractivity contribution in [2.45, 2.75) is 26.3 Å². The van der Waals surface area contributed by atoms with Crippen LogP contribution in [-0.2, 0) is 9.59 Å².